The first-order valence-electron chi connectivity index (χ1n) is 12.4. The van der Waals surface area contributed by atoms with Gasteiger partial charge in [0.1, 0.15) is 23.4 Å². The molecule has 0 saturated heterocycles. The van der Waals surface area contributed by atoms with Crippen LogP contribution in [0.15, 0.2) is 84.9 Å². The second kappa shape index (κ2) is 11.0. The number of esters is 1. The number of hydrogen-bond donors (Lipinski definition) is 0. The van der Waals surface area contributed by atoms with Gasteiger partial charge in [0.25, 0.3) is 0 Å². The summed E-state index contributed by atoms with van der Waals surface area (Å²) in [6, 6.07) is 27.3. The van der Waals surface area contributed by atoms with Crippen molar-refractivity contribution in [2.24, 2.45) is 0 Å². The summed E-state index contributed by atoms with van der Waals surface area (Å²) < 4.78 is 31.1. The first-order chi connectivity index (χ1) is 18.0. The highest BCUT2D eigenvalue weighted by molar-refractivity contribution is 5.85. The molecule has 0 saturated carbocycles. The van der Waals surface area contributed by atoms with E-state index >= 15 is 0 Å². The molecule has 6 heteroatoms. The van der Waals surface area contributed by atoms with Gasteiger partial charge in [0, 0.05) is 30.6 Å². The molecule has 5 rings (SSSR count). The fourth-order valence-electron chi connectivity index (χ4n) is 5.12. The van der Waals surface area contributed by atoms with Gasteiger partial charge in [-0.15, -0.1) is 0 Å². The maximum atomic E-state index is 14.6. The van der Waals surface area contributed by atoms with E-state index in [0.29, 0.717) is 12.2 Å². The number of rotatable bonds is 8. The largest absolute Gasteiger partial charge is 0.489 e. The van der Waals surface area contributed by atoms with E-state index in [-0.39, 0.29) is 18.6 Å². The summed E-state index contributed by atoms with van der Waals surface area (Å²) in [4.78, 5) is 13.8. The van der Waals surface area contributed by atoms with Crippen molar-refractivity contribution in [3.05, 3.63) is 107 Å². The lowest BCUT2D eigenvalue weighted by Gasteiger charge is -2.34. The van der Waals surface area contributed by atoms with Gasteiger partial charge in [-0.1, -0.05) is 60.7 Å². The SMILES string of the molecule is COC(=O)COc1cc(F)cc(C2CC(CN(C)Cc3cccc4ccccc34)Oc3ccccc32)c1. The summed E-state index contributed by atoms with van der Waals surface area (Å²) >= 11 is 0. The highest BCUT2D eigenvalue weighted by atomic mass is 19.1. The number of halogens is 1. The summed E-state index contributed by atoms with van der Waals surface area (Å²) in [7, 11) is 3.39. The molecule has 5 nitrogen and oxygen atoms in total. The fraction of sp³-hybridized carbons (Fsp3) is 0.258. The number of carbonyl (C=O) groups excluding carboxylic acids is 1. The van der Waals surface area contributed by atoms with E-state index in [4.69, 9.17) is 9.47 Å². The second-order valence-corrected chi connectivity index (χ2v) is 9.49. The molecule has 2 atom stereocenters. The maximum absolute atomic E-state index is 14.6. The minimum atomic E-state index is -0.517. The summed E-state index contributed by atoms with van der Waals surface area (Å²) in [6.45, 7) is 1.24. The van der Waals surface area contributed by atoms with E-state index in [2.05, 4.69) is 59.1 Å². The Hall–Kier alpha value is -3.90. The standard InChI is InChI=1S/C31H30FNO4/c1-33(18-22-10-7-9-21-8-3-4-11-27(21)22)19-26-17-29(28-12-5-6-13-30(28)37-26)23-14-24(32)16-25(15-23)36-20-31(34)35-2/h3-16,26,29H,17-20H2,1-2H3. The maximum Gasteiger partial charge on any atom is 0.343 e. The van der Waals surface area contributed by atoms with Crippen LogP contribution in [-0.4, -0.2) is 44.3 Å². The summed E-state index contributed by atoms with van der Waals surface area (Å²) in [6.07, 6.45) is 0.610. The van der Waals surface area contributed by atoms with Crippen molar-refractivity contribution in [3.63, 3.8) is 0 Å². The zero-order valence-corrected chi connectivity index (χ0v) is 21.0. The van der Waals surface area contributed by atoms with Crippen LogP contribution in [-0.2, 0) is 16.1 Å². The molecule has 37 heavy (non-hydrogen) atoms. The molecule has 4 aromatic rings. The molecule has 2 unspecified atom stereocenters. The Kier molecular flexibility index (Phi) is 7.37. The van der Waals surface area contributed by atoms with Crippen LogP contribution < -0.4 is 9.47 Å². The van der Waals surface area contributed by atoms with Gasteiger partial charge in [-0.05, 0) is 53.6 Å². The van der Waals surface area contributed by atoms with Crippen molar-refractivity contribution in [1.29, 1.82) is 0 Å². The topological polar surface area (TPSA) is 48.0 Å². The van der Waals surface area contributed by atoms with Gasteiger partial charge in [0.15, 0.2) is 6.61 Å². The van der Waals surface area contributed by atoms with Gasteiger partial charge in [-0.2, -0.15) is 0 Å². The van der Waals surface area contributed by atoms with E-state index in [1.165, 1.54) is 35.6 Å². The predicted molar refractivity (Wildman–Crippen MR) is 142 cm³/mol. The Morgan fingerprint density at radius 1 is 1.03 bits per heavy atom. The van der Waals surface area contributed by atoms with Gasteiger partial charge < -0.3 is 14.2 Å². The Balaban J connectivity index is 1.36. The average molecular weight is 500 g/mol. The lowest BCUT2D eigenvalue weighted by Crippen LogP contribution is -2.36. The zero-order chi connectivity index (χ0) is 25.8. The van der Waals surface area contributed by atoms with Crippen molar-refractivity contribution in [3.8, 4) is 11.5 Å². The number of benzene rings is 4. The first kappa shape index (κ1) is 24.8. The molecule has 0 fully saturated rings. The molecule has 0 N–H and O–H groups in total. The molecule has 190 valence electrons. The molecule has 0 radical (unpaired) electrons. The van der Waals surface area contributed by atoms with Crippen LogP contribution in [0.3, 0.4) is 0 Å². The molecule has 1 heterocycles. The fourth-order valence-corrected chi connectivity index (χ4v) is 5.12. The second-order valence-electron chi connectivity index (χ2n) is 9.49. The average Bonchev–Trinajstić information content (AvgIpc) is 2.91. The zero-order valence-electron chi connectivity index (χ0n) is 21.0. The molecule has 0 aliphatic carbocycles. The van der Waals surface area contributed by atoms with Gasteiger partial charge in [-0.3, -0.25) is 4.90 Å². The third-order valence-electron chi connectivity index (χ3n) is 6.80. The lowest BCUT2D eigenvalue weighted by molar-refractivity contribution is -0.142. The van der Waals surface area contributed by atoms with Crippen molar-refractivity contribution >= 4 is 16.7 Å². The van der Waals surface area contributed by atoms with Gasteiger partial charge in [0.2, 0.25) is 0 Å². The molecule has 0 aromatic heterocycles. The predicted octanol–water partition coefficient (Wildman–Crippen LogP) is 5.95. The summed E-state index contributed by atoms with van der Waals surface area (Å²) in [5, 5.41) is 2.48. The first-order valence-corrected chi connectivity index (χ1v) is 12.4. The van der Waals surface area contributed by atoms with E-state index in [9.17, 15) is 9.18 Å². The Labute approximate surface area is 216 Å². The van der Waals surface area contributed by atoms with E-state index in [1.807, 2.05) is 24.3 Å². The minimum Gasteiger partial charge on any atom is -0.489 e. The number of nitrogens with zero attached hydrogens (tertiary/aromatic N) is 1. The summed E-state index contributed by atoms with van der Waals surface area (Å²) in [5.74, 6) is 0.108. The number of para-hydroxylation sites is 1. The number of likely N-dealkylation sites (N-methyl/N-ethyl adjacent to an activating group) is 1. The normalized spacial score (nSPS) is 16.8. The van der Waals surface area contributed by atoms with Gasteiger partial charge in [0.05, 0.1) is 7.11 Å². The smallest absolute Gasteiger partial charge is 0.343 e. The molecular formula is C31H30FNO4. The van der Waals surface area contributed by atoms with Crippen LogP contribution in [0.2, 0.25) is 0 Å². The Morgan fingerprint density at radius 2 is 1.81 bits per heavy atom. The molecule has 0 spiro atoms. The van der Waals surface area contributed by atoms with E-state index in [1.54, 1.807) is 6.07 Å². The Morgan fingerprint density at radius 3 is 2.68 bits per heavy atom. The molecule has 4 aromatic carbocycles. The number of carbonyl (C=O) groups is 1. The van der Waals surface area contributed by atoms with Crippen LogP contribution in [0.25, 0.3) is 10.8 Å². The molecule has 0 bridgehead atoms. The number of fused-ring (bicyclic) bond motifs is 2. The Bertz CT molecular complexity index is 1400. The van der Waals surface area contributed by atoms with Crippen LogP contribution in [0.5, 0.6) is 11.5 Å². The van der Waals surface area contributed by atoms with Crippen LogP contribution in [0.1, 0.15) is 29.0 Å². The molecule has 1 aliphatic heterocycles. The number of hydrogen-bond acceptors (Lipinski definition) is 5. The highest BCUT2D eigenvalue weighted by Crippen LogP contribution is 2.41. The highest BCUT2D eigenvalue weighted by Gasteiger charge is 2.30. The van der Waals surface area contributed by atoms with E-state index < -0.39 is 11.8 Å². The van der Waals surface area contributed by atoms with Gasteiger partial charge in [-0.25, -0.2) is 9.18 Å². The lowest BCUT2D eigenvalue weighted by atomic mass is 9.84. The van der Waals surface area contributed by atoms with Gasteiger partial charge >= 0.3 is 5.97 Å². The monoisotopic (exact) mass is 499 g/mol. The van der Waals surface area contributed by atoms with Crippen molar-refractivity contribution < 1.29 is 23.4 Å². The van der Waals surface area contributed by atoms with Crippen LogP contribution >= 0.6 is 0 Å². The number of ether oxygens (including phenoxy) is 3. The van der Waals surface area contributed by atoms with Crippen LogP contribution in [0, 0.1) is 5.82 Å². The minimum absolute atomic E-state index is 0.0721. The third kappa shape index (κ3) is 5.75. The van der Waals surface area contributed by atoms with Crippen LogP contribution in [0.4, 0.5) is 4.39 Å². The van der Waals surface area contributed by atoms with E-state index in [0.717, 1.165) is 30.0 Å². The quantitative estimate of drug-likeness (QED) is 0.281. The van der Waals surface area contributed by atoms with Crippen molar-refractivity contribution in [2.45, 2.75) is 25.0 Å². The summed E-state index contributed by atoms with van der Waals surface area (Å²) in [5.41, 5.74) is 3.07. The molecular weight excluding hydrogens is 469 g/mol. The molecule has 0 amide bonds. The van der Waals surface area contributed by atoms with Crippen molar-refractivity contribution in [1.82, 2.24) is 4.90 Å². The third-order valence-corrected chi connectivity index (χ3v) is 6.80. The molecule has 1 aliphatic rings. The van der Waals surface area contributed by atoms with Crippen molar-refractivity contribution in [2.75, 3.05) is 27.3 Å². The number of methoxy groups -OCH3 is 1.